The Morgan fingerprint density at radius 2 is 0.732 bits per heavy atom. The molecule has 0 aromatic rings. The summed E-state index contributed by atoms with van der Waals surface area (Å²) in [6, 6.07) is 0. The van der Waals surface area contributed by atoms with Gasteiger partial charge in [-0.1, -0.05) is 70.2 Å². The number of carbonyl (C=O) groups is 3. The van der Waals surface area contributed by atoms with E-state index in [2.05, 4.69) is 62.3 Å². The van der Waals surface area contributed by atoms with Crippen LogP contribution in [0.5, 0.6) is 0 Å². The van der Waals surface area contributed by atoms with Crippen molar-refractivity contribution >= 4 is 25.8 Å². The van der Waals surface area contributed by atoms with E-state index in [-0.39, 0.29) is 75.7 Å². The third-order valence-corrected chi connectivity index (χ3v) is 15.8. The monoisotopic (exact) mass is 598 g/mol. The van der Waals surface area contributed by atoms with Gasteiger partial charge < -0.3 is 20.8 Å². The second-order valence-electron chi connectivity index (χ2n) is 14.9. The lowest BCUT2D eigenvalue weighted by Gasteiger charge is -2.59. The molecule has 0 saturated heterocycles. The smallest absolute Gasteiger partial charge is 0.307 e. The molecule has 0 radical (unpaired) electrons. The van der Waals surface area contributed by atoms with Gasteiger partial charge in [-0.3, -0.25) is 14.4 Å². The van der Waals surface area contributed by atoms with Gasteiger partial charge in [-0.25, -0.2) is 0 Å². The molecule has 0 heterocycles. The van der Waals surface area contributed by atoms with Gasteiger partial charge in [0.25, 0.3) is 0 Å². The first kappa shape index (κ1) is 36.0. The van der Waals surface area contributed by atoms with Crippen LogP contribution in [0.4, 0.5) is 0 Å². The molecule has 3 aliphatic rings. The first-order valence-electron chi connectivity index (χ1n) is 16.1. The molecule has 238 valence electrons. The summed E-state index contributed by atoms with van der Waals surface area (Å²) in [5.74, 6) is -2.80. The maximum atomic E-state index is 13.2. The van der Waals surface area contributed by atoms with Crippen LogP contribution in [0.3, 0.4) is 0 Å². The summed E-state index contributed by atoms with van der Waals surface area (Å²) >= 11 is 0. The van der Waals surface area contributed by atoms with E-state index in [1.165, 1.54) is 0 Å². The quantitative estimate of drug-likeness (QED) is 0.245. The van der Waals surface area contributed by atoms with Crippen LogP contribution in [0.1, 0.15) is 101 Å². The Bertz CT molecular complexity index is 790. The zero-order chi connectivity index (χ0) is 30.2. The third kappa shape index (κ3) is 7.14. The Morgan fingerprint density at radius 1 is 0.512 bits per heavy atom. The van der Waals surface area contributed by atoms with E-state index in [0.717, 1.165) is 38.5 Å². The zero-order valence-corrected chi connectivity index (χ0v) is 27.8. The summed E-state index contributed by atoms with van der Waals surface area (Å²) in [6.45, 7) is 19.3. The highest BCUT2D eigenvalue weighted by molar-refractivity contribution is 7.60. The Morgan fingerprint density at radius 3 is 0.902 bits per heavy atom. The fourth-order valence-corrected chi connectivity index (χ4v) is 15.8. The van der Waals surface area contributed by atoms with Crippen molar-refractivity contribution < 1.29 is 35.2 Å². The molecule has 0 spiro atoms. The second-order valence-corrected chi connectivity index (χ2v) is 17.6. The molecule has 0 aromatic heterocycles. The van der Waals surface area contributed by atoms with Crippen LogP contribution in [0.25, 0.3) is 0 Å². The van der Waals surface area contributed by atoms with E-state index in [4.69, 9.17) is 0 Å². The largest absolute Gasteiger partial charge is 0.481 e. The van der Waals surface area contributed by atoms with E-state index in [9.17, 15) is 29.7 Å². The predicted molar refractivity (Wildman–Crippen MR) is 165 cm³/mol. The summed E-state index contributed by atoms with van der Waals surface area (Å²) in [5.41, 5.74) is -0.519. The SMILES string of the molecule is CC(C)C1CCC(C)C(C(=O)O)C1P(C1C(C(C)C)CCC(C)C1C(=O)O)C1C(C(C)C)CCC(C)C1C(=O)O.O. The fourth-order valence-electron chi connectivity index (χ4n) is 9.39. The van der Waals surface area contributed by atoms with E-state index < -0.39 is 43.6 Å². The van der Waals surface area contributed by atoms with Crippen molar-refractivity contribution in [3.05, 3.63) is 0 Å². The number of rotatable bonds is 9. The number of hydrogen-bond donors (Lipinski definition) is 3. The topological polar surface area (TPSA) is 143 Å². The molecule has 3 saturated carbocycles. The van der Waals surface area contributed by atoms with E-state index >= 15 is 0 Å². The van der Waals surface area contributed by atoms with Crippen LogP contribution >= 0.6 is 7.92 Å². The molecular weight excluding hydrogens is 539 g/mol. The molecule has 0 aromatic carbocycles. The van der Waals surface area contributed by atoms with Gasteiger partial charge in [-0.15, -0.1) is 0 Å². The molecular formula is C33H59O7P. The van der Waals surface area contributed by atoms with Gasteiger partial charge in [0.15, 0.2) is 0 Å². The number of aliphatic carboxylic acids is 3. The van der Waals surface area contributed by atoms with Crippen LogP contribution < -0.4 is 0 Å². The molecule has 0 aliphatic heterocycles. The minimum atomic E-state index is -1.27. The van der Waals surface area contributed by atoms with Crippen molar-refractivity contribution in [1.82, 2.24) is 0 Å². The summed E-state index contributed by atoms with van der Waals surface area (Å²) in [4.78, 5) is 39.5. The van der Waals surface area contributed by atoms with Gasteiger partial charge in [0.05, 0.1) is 17.8 Å². The highest BCUT2D eigenvalue weighted by atomic mass is 31.1. The normalized spacial score (nSPS) is 40.7. The van der Waals surface area contributed by atoms with Crippen molar-refractivity contribution in [3.63, 3.8) is 0 Å². The molecule has 41 heavy (non-hydrogen) atoms. The molecule has 8 heteroatoms. The highest BCUT2D eigenvalue weighted by Crippen LogP contribution is 2.71. The molecule has 0 bridgehead atoms. The zero-order valence-electron chi connectivity index (χ0n) is 26.9. The van der Waals surface area contributed by atoms with Crippen LogP contribution in [-0.4, -0.2) is 55.7 Å². The van der Waals surface area contributed by atoms with Crippen LogP contribution in [0.2, 0.25) is 0 Å². The molecule has 3 fully saturated rings. The third-order valence-electron chi connectivity index (χ3n) is 11.6. The highest BCUT2D eigenvalue weighted by Gasteiger charge is 2.59. The minimum absolute atomic E-state index is 0. The molecule has 7 nitrogen and oxygen atoms in total. The van der Waals surface area contributed by atoms with Crippen LogP contribution in [-0.2, 0) is 14.4 Å². The average Bonchev–Trinajstić information content (AvgIpc) is 2.83. The standard InChI is InChI=1S/C33H57O6P.H2O/c1-16(2)22-13-10-19(7)25(31(34)35)28(22)40(29-23(17(3)4)14-11-20(8)26(29)32(36)37)30-24(18(5)6)15-12-21(9)27(30)33(38)39;/h16-30H,10-15H2,1-9H3,(H,34,35)(H,36,37)(H,38,39);1H2. The van der Waals surface area contributed by atoms with Crippen molar-refractivity contribution in [1.29, 1.82) is 0 Å². The summed E-state index contributed by atoms with van der Waals surface area (Å²) in [5, 5.41) is 32.4. The number of carboxylic acid groups (broad SMARTS) is 3. The van der Waals surface area contributed by atoms with Gasteiger partial charge in [0.2, 0.25) is 0 Å². The van der Waals surface area contributed by atoms with Crippen molar-refractivity contribution in [2.45, 2.75) is 118 Å². The minimum Gasteiger partial charge on any atom is -0.481 e. The van der Waals surface area contributed by atoms with E-state index in [1.807, 2.05) is 0 Å². The Hall–Kier alpha value is -1.20. The second kappa shape index (κ2) is 14.5. The summed E-state index contributed by atoms with van der Waals surface area (Å²) in [7, 11) is -1.27. The number of carboxylic acids is 3. The predicted octanol–water partition coefficient (Wildman–Crippen LogP) is 6.96. The van der Waals surface area contributed by atoms with E-state index in [0.29, 0.717) is 0 Å². The van der Waals surface area contributed by atoms with Gasteiger partial charge >= 0.3 is 17.9 Å². The van der Waals surface area contributed by atoms with Gasteiger partial charge in [-0.2, -0.15) is 0 Å². The van der Waals surface area contributed by atoms with Gasteiger partial charge in [0.1, 0.15) is 0 Å². The Labute approximate surface area is 249 Å². The number of hydrogen-bond acceptors (Lipinski definition) is 3. The average molecular weight is 599 g/mol. The fraction of sp³-hybridized carbons (Fsp3) is 0.909. The van der Waals surface area contributed by atoms with Crippen molar-refractivity contribution in [2.75, 3.05) is 0 Å². The summed E-state index contributed by atoms with van der Waals surface area (Å²) in [6.07, 6.45) is 5.37. The van der Waals surface area contributed by atoms with Crippen LogP contribution in [0, 0.1) is 71.0 Å². The van der Waals surface area contributed by atoms with Gasteiger partial charge in [0, 0.05) is 0 Å². The lowest BCUT2D eigenvalue weighted by Crippen LogP contribution is -2.55. The maximum absolute atomic E-state index is 13.2. The summed E-state index contributed by atoms with van der Waals surface area (Å²) < 4.78 is 0. The molecule has 12 atom stereocenters. The first-order chi connectivity index (χ1) is 18.6. The first-order valence-corrected chi connectivity index (χ1v) is 17.6. The Kier molecular flexibility index (Phi) is 12.7. The molecule has 12 unspecified atom stereocenters. The maximum Gasteiger partial charge on any atom is 0.307 e. The Balaban J connectivity index is 0.00000588. The van der Waals surface area contributed by atoms with Crippen LogP contribution in [0.15, 0.2) is 0 Å². The van der Waals surface area contributed by atoms with E-state index in [1.54, 1.807) is 0 Å². The lowest BCUT2D eigenvalue weighted by atomic mass is 9.69. The molecule has 3 rings (SSSR count). The van der Waals surface area contributed by atoms with Gasteiger partial charge in [-0.05, 0) is 109 Å². The molecule has 0 amide bonds. The molecule has 5 N–H and O–H groups in total. The molecule has 3 aliphatic carbocycles. The van der Waals surface area contributed by atoms with Crippen molar-refractivity contribution in [3.8, 4) is 0 Å². The lowest BCUT2D eigenvalue weighted by molar-refractivity contribution is -0.145. The van der Waals surface area contributed by atoms with Crippen molar-refractivity contribution in [2.24, 2.45) is 71.0 Å².